The molecule has 35 heavy (non-hydrogen) atoms. The van der Waals surface area contributed by atoms with Gasteiger partial charge in [-0.3, -0.25) is 0 Å². The van der Waals surface area contributed by atoms with Gasteiger partial charge in [-0.25, -0.2) is 8.42 Å². The number of fused-ring (bicyclic) bond motifs is 2. The summed E-state index contributed by atoms with van der Waals surface area (Å²) in [5, 5.41) is 0. The second kappa shape index (κ2) is 8.22. The van der Waals surface area contributed by atoms with Gasteiger partial charge in [0.05, 0.1) is 0 Å². The third-order valence-corrected chi connectivity index (χ3v) is 8.07. The Balaban J connectivity index is 1.58. The second-order valence-electron chi connectivity index (χ2n) is 8.52. The number of ether oxygens (including phenoxy) is 1. The lowest BCUT2D eigenvalue weighted by molar-refractivity contribution is -0.591. The number of aromatic nitrogens is 1. The molecular formula is C30H22NO3S+. The molecule has 0 aliphatic carbocycles. The molecule has 0 fully saturated rings. The summed E-state index contributed by atoms with van der Waals surface area (Å²) in [6.07, 6.45) is 0. The van der Waals surface area contributed by atoms with Crippen molar-refractivity contribution in [2.45, 2.75) is 16.7 Å². The lowest BCUT2D eigenvalue weighted by atomic mass is 10.0. The second-order valence-corrected chi connectivity index (χ2v) is 10.4. The van der Waals surface area contributed by atoms with Crippen LogP contribution >= 0.6 is 0 Å². The van der Waals surface area contributed by atoms with E-state index >= 15 is 0 Å². The molecule has 1 aliphatic rings. The molecule has 0 bridgehead atoms. The average molecular weight is 477 g/mol. The molecule has 4 nitrogen and oxygen atoms in total. The molecule has 4 aromatic carbocycles. The summed E-state index contributed by atoms with van der Waals surface area (Å²) in [5.41, 5.74) is 5.97. The predicted octanol–water partition coefficient (Wildman–Crippen LogP) is 6.54. The molecule has 0 spiro atoms. The van der Waals surface area contributed by atoms with Gasteiger partial charge in [-0.15, -0.1) is 0 Å². The predicted molar refractivity (Wildman–Crippen MR) is 136 cm³/mol. The maximum absolute atomic E-state index is 13.5. The summed E-state index contributed by atoms with van der Waals surface area (Å²) < 4.78 is 35.0. The number of hydrogen-bond donors (Lipinski definition) is 0. The van der Waals surface area contributed by atoms with Crippen LogP contribution in [0, 0.1) is 6.92 Å². The molecule has 6 rings (SSSR count). The van der Waals surface area contributed by atoms with E-state index in [9.17, 15) is 8.42 Å². The number of rotatable bonds is 3. The molecule has 0 unspecified atom stereocenters. The monoisotopic (exact) mass is 476 g/mol. The van der Waals surface area contributed by atoms with Crippen LogP contribution in [0.25, 0.3) is 28.1 Å². The Hall–Kier alpha value is -4.22. The Bertz CT molecular complexity index is 1680. The molecule has 0 saturated heterocycles. The molecule has 2 heterocycles. The van der Waals surface area contributed by atoms with Crippen molar-refractivity contribution in [3.63, 3.8) is 0 Å². The maximum atomic E-state index is 13.5. The topological polar surface area (TPSA) is 47.2 Å². The summed E-state index contributed by atoms with van der Waals surface area (Å²) in [6.45, 7) is 2.04. The highest BCUT2D eigenvalue weighted by molar-refractivity contribution is 7.91. The van der Waals surface area contributed by atoms with Crippen molar-refractivity contribution in [3.8, 4) is 39.6 Å². The first-order chi connectivity index (χ1) is 17.0. The molecule has 1 aromatic heterocycles. The Morgan fingerprint density at radius 2 is 1.23 bits per heavy atom. The summed E-state index contributed by atoms with van der Waals surface area (Å²) in [5.74, 6) is 0.696. The number of nitrogens with zero attached hydrogens (tertiary/aromatic N) is 1. The summed E-state index contributed by atoms with van der Waals surface area (Å²) >= 11 is 0. The van der Waals surface area contributed by atoms with Crippen LogP contribution in [0.5, 0.6) is 11.5 Å². The number of aryl methyl sites for hydroxylation is 1. The van der Waals surface area contributed by atoms with Gasteiger partial charge < -0.3 is 4.74 Å². The van der Waals surface area contributed by atoms with Gasteiger partial charge in [-0.05, 0) is 41.5 Å². The first-order valence-electron chi connectivity index (χ1n) is 11.4. The minimum Gasteiger partial charge on any atom is -0.455 e. The van der Waals surface area contributed by atoms with E-state index in [4.69, 9.17) is 4.74 Å². The van der Waals surface area contributed by atoms with E-state index in [1.54, 1.807) is 36.4 Å². The van der Waals surface area contributed by atoms with Gasteiger partial charge in [0.2, 0.25) is 21.2 Å². The normalized spacial score (nSPS) is 13.4. The average Bonchev–Trinajstić information content (AvgIpc) is 2.89. The van der Waals surface area contributed by atoms with Crippen LogP contribution in [0.4, 0.5) is 0 Å². The zero-order chi connectivity index (χ0) is 24.0. The van der Waals surface area contributed by atoms with Crippen molar-refractivity contribution in [3.05, 3.63) is 121 Å². The van der Waals surface area contributed by atoms with Crippen molar-refractivity contribution in [1.29, 1.82) is 0 Å². The van der Waals surface area contributed by atoms with Crippen molar-refractivity contribution in [1.82, 2.24) is 0 Å². The summed E-state index contributed by atoms with van der Waals surface area (Å²) in [4.78, 5) is 0.362. The van der Waals surface area contributed by atoms with Crippen molar-refractivity contribution in [2.75, 3.05) is 0 Å². The number of para-hydroxylation sites is 1. The van der Waals surface area contributed by atoms with Crippen LogP contribution in [0.1, 0.15) is 5.69 Å². The maximum Gasteiger partial charge on any atom is 0.219 e. The van der Waals surface area contributed by atoms with Crippen LogP contribution < -0.4 is 9.30 Å². The van der Waals surface area contributed by atoms with Crippen LogP contribution in [0.15, 0.2) is 125 Å². The van der Waals surface area contributed by atoms with E-state index < -0.39 is 9.84 Å². The van der Waals surface area contributed by atoms with E-state index in [1.165, 1.54) is 0 Å². The highest BCUT2D eigenvalue weighted by Crippen LogP contribution is 2.42. The minimum atomic E-state index is -3.71. The van der Waals surface area contributed by atoms with E-state index in [2.05, 4.69) is 41.0 Å². The van der Waals surface area contributed by atoms with Gasteiger partial charge in [0.25, 0.3) is 0 Å². The van der Waals surface area contributed by atoms with Crippen LogP contribution in [-0.2, 0) is 9.84 Å². The molecule has 0 amide bonds. The zero-order valence-electron chi connectivity index (χ0n) is 19.0. The Morgan fingerprint density at radius 3 is 1.97 bits per heavy atom. The smallest absolute Gasteiger partial charge is 0.219 e. The third kappa shape index (κ3) is 3.61. The fraction of sp³-hybridized carbons (Fsp3) is 0.0333. The molecular weight excluding hydrogens is 454 g/mol. The lowest BCUT2D eigenvalue weighted by Gasteiger charge is -2.20. The molecule has 0 radical (unpaired) electrons. The Labute approximate surface area is 204 Å². The zero-order valence-corrected chi connectivity index (χ0v) is 19.9. The highest BCUT2D eigenvalue weighted by Gasteiger charge is 2.33. The van der Waals surface area contributed by atoms with Crippen LogP contribution in [0.2, 0.25) is 0 Å². The van der Waals surface area contributed by atoms with Gasteiger partial charge in [-0.1, -0.05) is 60.7 Å². The van der Waals surface area contributed by atoms with Crippen molar-refractivity contribution in [2.24, 2.45) is 0 Å². The quantitative estimate of drug-likeness (QED) is 0.272. The number of sulfone groups is 1. The van der Waals surface area contributed by atoms with E-state index in [0.29, 0.717) is 11.5 Å². The number of pyridine rings is 1. The first kappa shape index (κ1) is 21.3. The lowest BCUT2D eigenvalue weighted by Crippen LogP contribution is -2.37. The number of hydrogen-bond acceptors (Lipinski definition) is 3. The van der Waals surface area contributed by atoms with E-state index in [-0.39, 0.29) is 9.79 Å². The van der Waals surface area contributed by atoms with Crippen LogP contribution in [-0.4, -0.2) is 8.42 Å². The van der Waals surface area contributed by atoms with E-state index in [1.807, 2.05) is 49.4 Å². The molecule has 0 N–H and O–H groups in total. The highest BCUT2D eigenvalue weighted by atomic mass is 32.2. The molecule has 5 aromatic rings. The first-order valence-corrected chi connectivity index (χ1v) is 12.8. The third-order valence-electron chi connectivity index (χ3n) is 6.26. The van der Waals surface area contributed by atoms with Gasteiger partial charge >= 0.3 is 0 Å². The largest absolute Gasteiger partial charge is 0.455 e. The standard InChI is InChI=1S/C30H22NO3S/c1-21-18-24(22-10-4-2-5-11-22)19-26(23-12-6-3-7-13-23)31(21)25-16-17-28-30(20-25)35(32,33)29-15-9-8-14-27(29)34-28/h2-20H,1H3/q+1. The van der Waals surface area contributed by atoms with Gasteiger partial charge in [0, 0.05) is 36.8 Å². The Morgan fingerprint density at radius 1 is 0.600 bits per heavy atom. The van der Waals surface area contributed by atoms with Gasteiger partial charge in [0.1, 0.15) is 21.3 Å². The molecule has 5 heteroatoms. The fourth-order valence-electron chi connectivity index (χ4n) is 4.62. The molecule has 170 valence electrons. The molecule has 0 atom stereocenters. The molecule has 1 aliphatic heterocycles. The fourth-order valence-corrected chi connectivity index (χ4v) is 6.14. The Kier molecular flexibility index (Phi) is 5.01. The van der Waals surface area contributed by atoms with Crippen molar-refractivity contribution < 1.29 is 17.7 Å². The van der Waals surface area contributed by atoms with Crippen LogP contribution in [0.3, 0.4) is 0 Å². The molecule has 0 saturated carbocycles. The number of benzene rings is 4. The van der Waals surface area contributed by atoms with Gasteiger partial charge in [-0.2, -0.15) is 4.57 Å². The van der Waals surface area contributed by atoms with E-state index in [0.717, 1.165) is 33.8 Å². The minimum absolute atomic E-state index is 0.173. The summed E-state index contributed by atoms with van der Waals surface area (Å²) in [6, 6.07) is 36.8. The SMILES string of the molecule is Cc1cc(-c2ccccc2)cc(-c2ccccc2)[n+]1-c1ccc2c(c1)S(=O)(=O)c1ccccc1O2. The summed E-state index contributed by atoms with van der Waals surface area (Å²) in [7, 11) is -3.71. The van der Waals surface area contributed by atoms with Gasteiger partial charge in [0.15, 0.2) is 5.69 Å². The van der Waals surface area contributed by atoms with Crippen molar-refractivity contribution >= 4 is 9.84 Å².